The van der Waals surface area contributed by atoms with Gasteiger partial charge in [-0.2, -0.15) is 8.91 Å². The third-order valence-corrected chi connectivity index (χ3v) is 3.99. The van der Waals surface area contributed by atoms with E-state index >= 15 is 0 Å². The van der Waals surface area contributed by atoms with Gasteiger partial charge in [0.25, 0.3) is 0 Å². The van der Waals surface area contributed by atoms with E-state index in [0.29, 0.717) is 16.0 Å². The molecule has 0 aromatic carbocycles. The number of nitrogens with zero attached hydrogens (tertiary/aromatic N) is 6. The summed E-state index contributed by atoms with van der Waals surface area (Å²) in [6.07, 6.45) is 0. The zero-order valence-corrected chi connectivity index (χ0v) is 10.7. The fourth-order valence-corrected chi connectivity index (χ4v) is 3.04. The molecule has 1 saturated heterocycles. The Bertz CT molecular complexity index is 745. The van der Waals surface area contributed by atoms with Gasteiger partial charge in [0.2, 0.25) is 5.65 Å². The number of nitrogens with one attached hydrogen (secondary N) is 1. The highest BCUT2D eigenvalue weighted by Crippen LogP contribution is 2.27. The predicted octanol–water partition coefficient (Wildman–Crippen LogP) is 0.283. The molecular formula is C10H10FN7S. The predicted molar refractivity (Wildman–Crippen MR) is 69.0 cm³/mol. The standard InChI is InChI=1S/C10H10FN7S/c11-7-5-6-10(19-7)13-8(9-14-15-16-18(6)9)17-3-1-12-2-4-17/h5,12H,1-4H2. The summed E-state index contributed by atoms with van der Waals surface area (Å²) < 4.78 is 15.0. The summed E-state index contributed by atoms with van der Waals surface area (Å²) >= 11 is 1.01. The summed E-state index contributed by atoms with van der Waals surface area (Å²) in [5, 5.41) is 14.6. The Labute approximate surface area is 111 Å². The van der Waals surface area contributed by atoms with Crippen LogP contribution in [-0.2, 0) is 0 Å². The molecule has 7 nitrogen and oxygen atoms in total. The molecule has 4 rings (SSSR count). The summed E-state index contributed by atoms with van der Waals surface area (Å²) in [6, 6.07) is 1.41. The van der Waals surface area contributed by atoms with Gasteiger partial charge in [0.05, 0.1) is 0 Å². The lowest BCUT2D eigenvalue weighted by Crippen LogP contribution is -2.44. The lowest BCUT2D eigenvalue weighted by molar-refractivity contribution is 0.586. The second-order valence-electron chi connectivity index (χ2n) is 4.33. The van der Waals surface area contributed by atoms with Crippen LogP contribution in [0.2, 0.25) is 0 Å². The number of fused-ring (bicyclic) bond motifs is 3. The van der Waals surface area contributed by atoms with Crippen LogP contribution in [0.15, 0.2) is 6.07 Å². The Balaban J connectivity index is 1.98. The number of thiophene rings is 1. The Morgan fingerprint density at radius 3 is 3.00 bits per heavy atom. The third kappa shape index (κ3) is 1.65. The average Bonchev–Trinajstić information content (AvgIpc) is 3.03. The molecule has 0 bridgehead atoms. The van der Waals surface area contributed by atoms with Crippen molar-refractivity contribution in [3.05, 3.63) is 11.2 Å². The van der Waals surface area contributed by atoms with Crippen LogP contribution in [0.5, 0.6) is 0 Å². The highest BCUT2D eigenvalue weighted by molar-refractivity contribution is 7.17. The molecule has 1 fully saturated rings. The van der Waals surface area contributed by atoms with Crippen LogP contribution in [0.3, 0.4) is 0 Å². The van der Waals surface area contributed by atoms with Crippen molar-refractivity contribution >= 4 is 33.1 Å². The first-order valence-electron chi connectivity index (χ1n) is 5.96. The van der Waals surface area contributed by atoms with Gasteiger partial charge in [-0.05, 0) is 10.4 Å². The SMILES string of the molecule is Fc1cc2c(nc(N3CCNCC3)c3nnnn32)s1. The Morgan fingerprint density at radius 1 is 1.32 bits per heavy atom. The van der Waals surface area contributed by atoms with Crippen molar-refractivity contribution in [2.45, 2.75) is 0 Å². The number of piperazine rings is 1. The summed E-state index contributed by atoms with van der Waals surface area (Å²) in [6.45, 7) is 3.47. The van der Waals surface area contributed by atoms with E-state index in [2.05, 4.69) is 30.7 Å². The van der Waals surface area contributed by atoms with E-state index in [9.17, 15) is 4.39 Å². The first-order valence-corrected chi connectivity index (χ1v) is 6.77. The lowest BCUT2D eigenvalue weighted by atomic mass is 10.3. The molecule has 19 heavy (non-hydrogen) atoms. The molecule has 0 spiro atoms. The maximum Gasteiger partial charge on any atom is 0.222 e. The molecule has 4 heterocycles. The maximum atomic E-state index is 13.4. The molecule has 0 saturated carbocycles. The second kappa shape index (κ2) is 4.07. The van der Waals surface area contributed by atoms with Crippen LogP contribution in [0.25, 0.3) is 16.0 Å². The monoisotopic (exact) mass is 279 g/mol. The molecule has 1 N–H and O–H groups in total. The van der Waals surface area contributed by atoms with E-state index in [1.165, 1.54) is 6.07 Å². The fraction of sp³-hybridized carbons (Fsp3) is 0.400. The lowest BCUT2D eigenvalue weighted by Gasteiger charge is -2.28. The summed E-state index contributed by atoms with van der Waals surface area (Å²) in [5.41, 5.74) is 1.19. The molecule has 98 valence electrons. The van der Waals surface area contributed by atoms with Gasteiger partial charge in [-0.15, -0.1) is 5.10 Å². The van der Waals surface area contributed by atoms with Gasteiger partial charge in [-0.25, -0.2) is 4.98 Å². The van der Waals surface area contributed by atoms with Gasteiger partial charge < -0.3 is 10.2 Å². The number of hydrogen-bond donors (Lipinski definition) is 1. The Morgan fingerprint density at radius 2 is 2.16 bits per heavy atom. The van der Waals surface area contributed by atoms with Gasteiger partial charge in [-0.3, -0.25) is 0 Å². The third-order valence-electron chi connectivity index (χ3n) is 3.19. The minimum atomic E-state index is -0.281. The van der Waals surface area contributed by atoms with Crippen molar-refractivity contribution in [1.29, 1.82) is 0 Å². The molecule has 9 heteroatoms. The van der Waals surface area contributed by atoms with E-state index in [1.54, 1.807) is 4.52 Å². The van der Waals surface area contributed by atoms with E-state index < -0.39 is 0 Å². The first-order chi connectivity index (χ1) is 9.33. The normalized spacial score (nSPS) is 16.6. The van der Waals surface area contributed by atoms with Gasteiger partial charge in [0.1, 0.15) is 10.3 Å². The van der Waals surface area contributed by atoms with Crippen LogP contribution in [0, 0.1) is 5.13 Å². The van der Waals surface area contributed by atoms with E-state index in [-0.39, 0.29) is 5.13 Å². The minimum absolute atomic E-state index is 0.281. The molecule has 3 aromatic rings. The Kier molecular flexibility index (Phi) is 2.35. The Hall–Kier alpha value is -1.87. The van der Waals surface area contributed by atoms with Crippen molar-refractivity contribution in [1.82, 2.24) is 30.3 Å². The van der Waals surface area contributed by atoms with Crippen molar-refractivity contribution in [3.8, 4) is 0 Å². The largest absolute Gasteiger partial charge is 0.351 e. The van der Waals surface area contributed by atoms with Crippen molar-refractivity contribution in [2.24, 2.45) is 0 Å². The summed E-state index contributed by atoms with van der Waals surface area (Å²) in [4.78, 5) is 7.27. The molecule has 1 aliphatic rings. The molecule has 0 aliphatic carbocycles. The average molecular weight is 279 g/mol. The van der Waals surface area contributed by atoms with Crippen LogP contribution in [0.1, 0.15) is 0 Å². The minimum Gasteiger partial charge on any atom is -0.351 e. The van der Waals surface area contributed by atoms with Gasteiger partial charge in [-0.1, -0.05) is 11.3 Å². The number of aromatic nitrogens is 5. The maximum absolute atomic E-state index is 13.4. The van der Waals surface area contributed by atoms with Crippen molar-refractivity contribution < 1.29 is 4.39 Å². The van der Waals surface area contributed by atoms with Crippen molar-refractivity contribution in [3.63, 3.8) is 0 Å². The van der Waals surface area contributed by atoms with Crippen LogP contribution >= 0.6 is 11.3 Å². The van der Waals surface area contributed by atoms with E-state index in [1.807, 2.05) is 0 Å². The van der Waals surface area contributed by atoms with Gasteiger partial charge in [0, 0.05) is 32.2 Å². The quantitative estimate of drug-likeness (QED) is 0.690. The van der Waals surface area contributed by atoms with Crippen LogP contribution in [-0.4, -0.2) is 51.2 Å². The number of hydrogen-bond acceptors (Lipinski definition) is 7. The summed E-state index contributed by atoms with van der Waals surface area (Å²) in [7, 11) is 0. The first kappa shape index (κ1) is 11.0. The number of tetrazole rings is 1. The highest BCUT2D eigenvalue weighted by atomic mass is 32.1. The summed E-state index contributed by atoms with van der Waals surface area (Å²) in [5.74, 6) is 0.723. The number of anilines is 1. The molecule has 1 aliphatic heterocycles. The molecule has 0 amide bonds. The van der Waals surface area contributed by atoms with Gasteiger partial charge >= 0.3 is 0 Å². The zero-order chi connectivity index (χ0) is 12.8. The zero-order valence-electron chi connectivity index (χ0n) is 9.88. The van der Waals surface area contributed by atoms with E-state index in [0.717, 1.165) is 43.3 Å². The number of rotatable bonds is 1. The van der Waals surface area contributed by atoms with Crippen LogP contribution in [0.4, 0.5) is 10.2 Å². The van der Waals surface area contributed by atoms with E-state index in [4.69, 9.17) is 0 Å². The second-order valence-corrected chi connectivity index (χ2v) is 5.31. The fourth-order valence-electron chi connectivity index (χ4n) is 2.30. The topological polar surface area (TPSA) is 71.2 Å². The smallest absolute Gasteiger partial charge is 0.222 e. The number of halogens is 1. The molecule has 0 atom stereocenters. The van der Waals surface area contributed by atoms with Gasteiger partial charge in [0.15, 0.2) is 10.9 Å². The van der Waals surface area contributed by atoms with Crippen LogP contribution < -0.4 is 10.2 Å². The molecule has 0 unspecified atom stereocenters. The molecule has 3 aromatic heterocycles. The van der Waals surface area contributed by atoms with Crippen molar-refractivity contribution in [2.75, 3.05) is 31.1 Å². The molecular weight excluding hydrogens is 269 g/mol. The molecule has 0 radical (unpaired) electrons. The highest BCUT2D eigenvalue weighted by Gasteiger charge is 2.20.